The first kappa shape index (κ1) is 18.3. The van der Waals surface area contributed by atoms with E-state index >= 15 is 0 Å². The summed E-state index contributed by atoms with van der Waals surface area (Å²) in [5, 5.41) is 1.10. The number of fused-ring (bicyclic) bond motifs is 1. The third-order valence-electron chi connectivity index (χ3n) is 5.61. The number of hydrogen-bond acceptors (Lipinski definition) is 5. The highest BCUT2D eigenvalue weighted by atomic mass is 32.2. The molecular weight excluding hydrogens is 356 g/mol. The molecule has 0 saturated heterocycles. The molecule has 0 aliphatic heterocycles. The Hall–Kier alpha value is -2.05. The number of H-pyrrole nitrogens is 1. The number of rotatable bonds is 7. The lowest BCUT2D eigenvalue weighted by Crippen LogP contribution is -2.43. The Labute approximate surface area is 164 Å². The van der Waals surface area contributed by atoms with Gasteiger partial charge in [0.2, 0.25) is 0 Å². The molecule has 0 radical (unpaired) electrons. The van der Waals surface area contributed by atoms with E-state index in [2.05, 4.69) is 64.2 Å². The highest BCUT2D eigenvalue weighted by molar-refractivity contribution is 7.99. The number of nitrogens with zero attached hydrogens (tertiary/aromatic N) is 3. The Kier molecular flexibility index (Phi) is 5.36. The maximum atomic E-state index is 5.37. The minimum absolute atomic E-state index is 0.153. The molecule has 0 amide bonds. The highest BCUT2D eigenvalue weighted by Gasteiger charge is 2.33. The largest absolute Gasteiger partial charge is 0.377 e. The van der Waals surface area contributed by atoms with Crippen LogP contribution >= 0.6 is 11.8 Å². The SMILES string of the molecule is COC(C)c1ccc(SC[C@H]2C[C@@H](N(C)c3ncnc4[nH]ccc34)C2)cc1. The molecule has 142 valence electrons. The van der Waals surface area contributed by atoms with Crippen LogP contribution in [0, 0.1) is 5.92 Å². The molecule has 1 aromatic carbocycles. The molecule has 1 fully saturated rings. The minimum atomic E-state index is 0.153. The predicted octanol–water partition coefficient (Wildman–Crippen LogP) is 4.67. The van der Waals surface area contributed by atoms with Gasteiger partial charge >= 0.3 is 0 Å². The number of anilines is 1. The molecule has 0 bridgehead atoms. The summed E-state index contributed by atoms with van der Waals surface area (Å²) in [6, 6.07) is 11.4. The summed E-state index contributed by atoms with van der Waals surface area (Å²) >= 11 is 1.96. The number of hydrogen-bond donors (Lipinski definition) is 1. The summed E-state index contributed by atoms with van der Waals surface area (Å²) in [6.07, 6.45) is 6.16. The van der Waals surface area contributed by atoms with Crippen LogP contribution in [0.2, 0.25) is 0 Å². The van der Waals surface area contributed by atoms with Crippen molar-refractivity contribution in [3.05, 3.63) is 48.4 Å². The maximum absolute atomic E-state index is 5.37. The van der Waals surface area contributed by atoms with Crippen molar-refractivity contribution < 1.29 is 4.74 Å². The Morgan fingerprint density at radius 2 is 2.00 bits per heavy atom. The molecule has 4 rings (SSSR count). The van der Waals surface area contributed by atoms with Crippen molar-refractivity contribution in [2.45, 2.75) is 36.8 Å². The van der Waals surface area contributed by atoms with Crippen LogP contribution in [0.4, 0.5) is 5.82 Å². The van der Waals surface area contributed by atoms with Gasteiger partial charge in [0.1, 0.15) is 17.8 Å². The Bertz CT molecular complexity index is 889. The van der Waals surface area contributed by atoms with Gasteiger partial charge in [-0.1, -0.05) is 12.1 Å². The van der Waals surface area contributed by atoms with Crippen LogP contribution in [-0.2, 0) is 4.74 Å². The normalized spacial score (nSPS) is 20.4. The smallest absolute Gasteiger partial charge is 0.142 e. The van der Waals surface area contributed by atoms with E-state index in [1.807, 2.05) is 18.0 Å². The molecule has 1 N–H and O–H groups in total. The van der Waals surface area contributed by atoms with Gasteiger partial charge in [0.05, 0.1) is 11.5 Å². The quantitative estimate of drug-likeness (QED) is 0.602. The van der Waals surface area contributed by atoms with Gasteiger partial charge in [-0.15, -0.1) is 11.8 Å². The van der Waals surface area contributed by atoms with E-state index in [0.29, 0.717) is 6.04 Å². The molecule has 5 nitrogen and oxygen atoms in total. The molecule has 2 heterocycles. The molecule has 0 spiro atoms. The summed E-state index contributed by atoms with van der Waals surface area (Å²) in [7, 11) is 3.90. The summed E-state index contributed by atoms with van der Waals surface area (Å²) in [6.45, 7) is 2.08. The number of aromatic amines is 1. The fourth-order valence-electron chi connectivity index (χ4n) is 3.65. The van der Waals surface area contributed by atoms with Crippen molar-refractivity contribution >= 4 is 28.6 Å². The van der Waals surface area contributed by atoms with Gasteiger partial charge in [-0.05, 0) is 49.4 Å². The van der Waals surface area contributed by atoms with Crippen LogP contribution in [-0.4, -0.2) is 40.9 Å². The lowest BCUT2D eigenvalue weighted by molar-refractivity contribution is 0.119. The van der Waals surface area contributed by atoms with Crippen LogP contribution in [0.3, 0.4) is 0 Å². The first-order valence-corrected chi connectivity index (χ1v) is 10.4. The standard InChI is InChI=1S/C21H26N4OS/c1-14(26-3)16-4-6-18(7-5-16)27-12-15-10-17(11-15)25(2)21-19-8-9-22-20(19)23-13-24-21/h4-9,13-15,17H,10-12H2,1-3H3,(H,22,23,24)/t14?,15-,17+. The third kappa shape index (κ3) is 3.82. The number of benzene rings is 1. The van der Waals surface area contributed by atoms with Crippen LogP contribution in [0.1, 0.15) is 31.4 Å². The highest BCUT2D eigenvalue weighted by Crippen LogP contribution is 2.38. The van der Waals surface area contributed by atoms with Gasteiger partial charge in [0.25, 0.3) is 0 Å². The maximum Gasteiger partial charge on any atom is 0.142 e. The lowest BCUT2D eigenvalue weighted by Gasteiger charge is -2.41. The predicted molar refractivity (Wildman–Crippen MR) is 111 cm³/mol. The van der Waals surface area contributed by atoms with Gasteiger partial charge in [0.15, 0.2) is 0 Å². The molecule has 6 heteroatoms. The number of thioether (sulfide) groups is 1. The summed E-state index contributed by atoms with van der Waals surface area (Å²) in [5.41, 5.74) is 2.14. The van der Waals surface area contributed by atoms with Crippen molar-refractivity contribution in [2.75, 3.05) is 24.8 Å². The van der Waals surface area contributed by atoms with Crippen molar-refractivity contribution in [3.8, 4) is 0 Å². The van der Waals surface area contributed by atoms with Crippen LogP contribution in [0.15, 0.2) is 47.8 Å². The monoisotopic (exact) mass is 382 g/mol. The Balaban J connectivity index is 1.29. The fourth-order valence-corrected chi connectivity index (χ4v) is 4.68. The number of methoxy groups -OCH3 is 1. The molecule has 27 heavy (non-hydrogen) atoms. The van der Waals surface area contributed by atoms with Crippen molar-refractivity contribution in [2.24, 2.45) is 5.92 Å². The van der Waals surface area contributed by atoms with Gasteiger partial charge in [-0.2, -0.15) is 0 Å². The van der Waals surface area contributed by atoms with Crippen LogP contribution < -0.4 is 4.90 Å². The first-order chi connectivity index (χ1) is 13.2. The first-order valence-electron chi connectivity index (χ1n) is 9.42. The molecule has 1 aliphatic carbocycles. The van der Waals surface area contributed by atoms with E-state index in [-0.39, 0.29) is 6.10 Å². The van der Waals surface area contributed by atoms with E-state index < -0.39 is 0 Å². The van der Waals surface area contributed by atoms with Gasteiger partial charge in [-0.3, -0.25) is 0 Å². The zero-order valence-electron chi connectivity index (χ0n) is 16.1. The van der Waals surface area contributed by atoms with Crippen LogP contribution in [0.5, 0.6) is 0 Å². The molecule has 2 aromatic heterocycles. The number of ether oxygens (including phenoxy) is 1. The van der Waals surface area contributed by atoms with E-state index in [9.17, 15) is 0 Å². The molecule has 1 aliphatic rings. The van der Waals surface area contributed by atoms with Gasteiger partial charge in [0, 0.05) is 37.0 Å². The van der Waals surface area contributed by atoms with Crippen LogP contribution in [0.25, 0.3) is 11.0 Å². The van der Waals surface area contributed by atoms with E-state index in [0.717, 1.165) is 22.8 Å². The zero-order valence-corrected chi connectivity index (χ0v) is 16.9. The van der Waals surface area contributed by atoms with E-state index in [1.54, 1.807) is 13.4 Å². The topological polar surface area (TPSA) is 54.0 Å². The minimum Gasteiger partial charge on any atom is -0.377 e. The second kappa shape index (κ2) is 7.90. The average Bonchev–Trinajstić information content (AvgIpc) is 3.15. The Morgan fingerprint density at radius 1 is 1.22 bits per heavy atom. The molecule has 1 saturated carbocycles. The lowest BCUT2D eigenvalue weighted by atomic mass is 9.81. The van der Waals surface area contributed by atoms with Gasteiger partial charge < -0.3 is 14.6 Å². The fraction of sp³-hybridized carbons (Fsp3) is 0.429. The third-order valence-corrected chi connectivity index (χ3v) is 6.86. The average molecular weight is 383 g/mol. The van der Waals surface area contributed by atoms with Crippen molar-refractivity contribution in [3.63, 3.8) is 0 Å². The summed E-state index contributed by atoms with van der Waals surface area (Å²) in [4.78, 5) is 15.6. The van der Waals surface area contributed by atoms with Gasteiger partial charge in [-0.25, -0.2) is 9.97 Å². The van der Waals surface area contributed by atoms with Crippen molar-refractivity contribution in [1.82, 2.24) is 15.0 Å². The second-order valence-electron chi connectivity index (χ2n) is 7.30. The zero-order chi connectivity index (χ0) is 18.8. The molecule has 3 aromatic rings. The number of aromatic nitrogens is 3. The van der Waals surface area contributed by atoms with Crippen molar-refractivity contribution in [1.29, 1.82) is 0 Å². The summed E-state index contributed by atoms with van der Waals surface area (Å²) in [5.74, 6) is 2.97. The molecular formula is C21H26N4OS. The number of nitrogens with one attached hydrogen (secondary N) is 1. The summed E-state index contributed by atoms with van der Waals surface area (Å²) < 4.78 is 5.37. The van der Waals surface area contributed by atoms with E-state index in [1.165, 1.54) is 29.1 Å². The molecule has 1 atom stereocenters. The van der Waals surface area contributed by atoms with E-state index in [4.69, 9.17) is 4.74 Å². The Morgan fingerprint density at radius 3 is 2.74 bits per heavy atom. The molecule has 1 unspecified atom stereocenters. The second-order valence-corrected chi connectivity index (χ2v) is 8.39.